The molecule has 102 valence electrons. The van der Waals surface area contributed by atoms with Gasteiger partial charge >= 0.3 is 5.97 Å². The van der Waals surface area contributed by atoms with Crippen LogP contribution >= 0.6 is 0 Å². The molecule has 1 aliphatic carbocycles. The van der Waals surface area contributed by atoms with Gasteiger partial charge in [-0.2, -0.15) is 0 Å². The fourth-order valence-electron chi connectivity index (χ4n) is 2.34. The van der Waals surface area contributed by atoms with E-state index < -0.39 is 0 Å². The Bertz CT molecular complexity index is 315. The van der Waals surface area contributed by atoms with Crippen molar-refractivity contribution >= 4 is 11.9 Å². The molecule has 1 unspecified atom stereocenters. The molecule has 0 bridgehead atoms. The molecular formula is C13H22N2O3. The fourth-order valence-corrected chi connectivity index (χ4v) is 2.34. The third kappa shape index (κ3) is 3.70. The van der Waals surface area contributed by atoms with Crippen LogP contribution in [0.2, 0.25) is 0 Å². The molecule has 0 aromatic heterocycles. The molecule has 0 radical (unpaired) electrons. The molecule has 2 aliphatic rings. The minimum atomic E-state index is -0.225. The number of hydrogen-bond acceptors (Lipinski definition) is 4. The maximum atomic E-state index is 11.8. The van der Waals surface area contributed by atoms with Gasteiger partial charge in [-0.05, 0) is 45.1 Å². The molecule has 1 amide bonds. The van der Waals surface area contributed by atoms with Crippen molar-refractivity contribution in [2.75, 3.05) is 26.2 Å². The molecule has 0 spiro atoms. The van der Waals surface area contributed by atoms with Gasteiger partial charge in [-0.15, -0.1) is 0 Å². The second-order valence-electron chi connectivity index (χ2n) is 5.13. The maximum Gasteiger partial charge on any atom is 0.323 e. The number of carbonyl (C=O) groups excluding carboxylic acids is 2. The van der Waals surface area contributed by atoms with Crippen LogP contribution in [-0.2, 0) is 14.3 Å². The summed E-state index contributed by atoms with van der Waals surface area (Å²) in [5.74, 6) is 0.525. The van der Waals surface area contributed by atoms with Gasteiger partial charge in [-0.25, -0.2) is 0 Å². The number of ether oxygens (including phenoxy) is 1. The Labute approximate surface area is 108 Å². The molecule has 1 heterocycles. The quantitative estimate of drug-likeness (QED) is 0.703. The highest BCUT2D eigenvalue weighted by molar-refractivity contribution is 5.80. The Balaban J connectivity index is 1.75. The number of amides is 1. The van der Waals surface area contributed by atoms with Crippen molar-refractivity contribution in [3.63, 3.8) is 0 Å². The molecule has 5 nitrogen and oxygen atoms in total. The number of esters is 1. The van der Waals surface area contributed by atoms with Gasteiger partial charge in [0.1, 0.15) is 6.04 Å². The monoisotopic (exact) mass is 254 g/mol. The van der Waals surface area contributed by atoms with Gasteiger partial charge in [0.2, 0.25) is 5.91 Å². The Morgan fingerprint density at radius 1 is 1.33 bits per heavy atom. The van der Waals surface area contributed by atoms with Crippen molar-refractivity contribution in [3.8, 4) is 0 Å². The Hall–Kier alpha value is -1.10. The Kier molecular flexibility index (Phi) is 4.58. The van der Waals surface area contributed by atoms with E-state index in [2.05, 4.69) is 5.32 Å². The SMILES string of the molecule is CCOC(=O)C1CCCN1CC(=O)NCC1CC1. The van der Waals surface area contributed by atoms with Crippen LogP contribution in [0.3, 0.4) is 0 Å². The lowest BCUT2D eigenvalue weighted by Gasteiger charge is -2.22. The first-order chi connectivity index (χ1) is 8.70. The van der Waals surface area contributed by atoms with Crippen LogP contribution in [0.1, 0.15) is 32.6 Å². The molecule has 5 heteroatoms. The van der Waals surface area contributed by atoms with E-state index in [1.165, 1.54) is 12.8 Å². The lowest BCUT2D eigenvalue weighted by atomic mass is 10.2. The molecule has 1 N–H and O–H groups in total. The van der Waals surface area contributed by atoms with Gasteiger partial charge in [-0.1, -0.05) is 0 Å². The first-order valence-electron chi connectivity index (χ1n) is 6.88. The molecule has 1 saturated heterocycles. The number of carbonyl (C=O) groups is 2. The van der Waals surface area contributed by atoms with E-state index in [0.717, 1.165) is 25.9 Å². The number of hydrogen-bond donors (Lipinski definition) is 1. The summed E-state index contributed by atoms with van der Waals surface area (Å²) in [4.78, 5) is 25.4. The van der Waals surface area contributed by atoms with Crippen LogP contribution in [0.25, 0.3) is 0 Å². The Morgan fingerprint density at radius 3 is 2.78 bits per heavy atom. The summed E-state index contributed by atoms with van der Waals surface area (Å²) in [6, 6.07) is -0.225. The van der Waals surface area contributed by atoms with E-state index in [1.54, 1.807) is 6.92 Å². The second-order valence-corrected chi connectivity index (χ2v) is 5.13. The van der Waals surface area contributed by atoms with E-state index in [0.29, 0.717) is 19.1 Å². The number of nitrogens with one attached hydrogen (secondary N) is 1. The summed E-state index contributed by atoms with van der Waals surface area (Å²) >= 11 is 0. The van der Waals surface area contributed by atoms with E-state index in [1.807, 2.05) is 4.90 Å². The van der Waals surface area contributed by atoms with Gasteiger partial charge in [0.05, 0.1) is 13.2 Å². The minimum Gasteiger partial charge on any atom is -0.465 e. The summed E-state index contributed by atoms with van der Waals surface area (Å²) in [6.45, 7) is 4.11. The zero-order valence-electron chi connectivity index (χ0n) is 11.0. The van der Waals surface area contributed by atoms with Crippen molar-refractivity contribution in [2.24, 2.45) is 5.92 Å². The average Bonchev–Trinajstić information content (AvgIpc) is 3.06. The van der Waals surface area contributed by atoms with E-state index >= 15 is 0 Å². The van der Waals surface area contributed by atoms with Crippen LogP contribution in [-0.4, -0.2) is 49.1 Å². The van der Waals surface area contributed by atoms with Gasteiger partial charge in [0.15, 0.2) is 0 Å². The van der Waals surface area contributed by atoms with Crippen molar-refractivity contribution in [2.45, 2.75) is 38.6 Å². The molecule has 0 aromatic rings. The van der Waals surface area contributed by atoms with E-state index in [-0.39, 0.29) is 17.9 Å². The summed E-state index contributed by atoms with van der Waals surface area (Å²) in [6.07, 6.45) is 4.22. The third-order valence-electron chi connectivity index (χ3n) is 3.55. The van der Waals surface area contributed by atoms with Crippen molar-refractivity contribution in [1.29, 1.82) is 0 Å². The molecule has 1 aliphatic heterocycles. The van der Waals surface area contributed by atoms with E-state index in [9.17, 15) is 9.59 Å². The predicted molar refractivity (Wildman–Crippen MR) is 67.0 cm³/mol. The number of nitrogens with zero attached hydrogens (tertiary/aromatic N) is 1. The van der Waals surface area contributed by atoms with Crippen molar-refractivity contribution in [3.05, 3.63) is 0 Å². The molecule has 1 atom stereocenters. The summed E-state index contributed by atoms with van der Waals surface area (Å²) in [5, 5.41) is 2.93. The maximum absolute atomic E-state index is 11.8. The molecule has 18 heavy (non-hydrogen) atoms. The van der Waals surface area contributed by atoms with Gasteiger partial charge < -0.3 is 10.1 Å². The van der Waals surface area contributed by atoms with Crippen molar-refractivity contribution < 1.29 is 14.3 Å². The lowest BCUT2D eigenvalue weighted by Crippen LogP contribution is -2.44. The number of likely N-dealkylation sites (tertiary alicyclic amines) is 1. The smallest absolute Gasteiger partial charge is 0.323 e. The van der Waals surface area contributed by atoms with Crippen LogP contribution < -0.4 is 5.32 Å². The molecule has 2 rings (SSSR count). The van der Waals surface area contributed by atoms with Crippen LogP contribution in [0, 0.1) is 5.92 Å². The highest BCUT2D eigenvalue weighted by Crippen LogP contribution is 2.27. The van der Waals surface area contributed by atoms with Crippen LogP contribution in [0.15, 0.2) is 0 Å². The largest absolute Gasteiger partial charge is 0.465 e. The van der Waals surface area contributed by atoms with Gasteiger partial charge in [0.25, 0.3) is 0 Å². The normalized spacial score (nSPS) is 23.9. The highest BCUT2D eigenvalue weighted by Gasteiger charge is 2.33. The number of rotatable bonds is 6. The second kappa shape index (κ2) is 6.18. The fraction of sp³-hybridized carbons (Fsp3) is 0.846. The van der Waals surface area contributed by atoms with Gasteiger partial charge in [0, 0.05) is 6.54 Å². The zero-order chi connectivity index (χ0) is 13.0. The highest BCUT2D eigenvalue weighted by atomic mass is 16.5. The first kappa shape index (κ1) is 13.3. The minimum absolute atomic E-state index is 0.0260. The zero-order valence-corrected chi connectivity index (χ0v) is 11.0. The molecule has 2 fully saturated rings. The molecule has 0 aromatic carbocycles. The first-order valence-corrected chi connectivity index (χ1v) is 6.88. The summed E-state index contributed by atoms with van der Waals surface area (Å²) in [7, 11) is 0. The topological polar surface area (TPSA) is 58.6 Å². The van der Waals surface area contributed by atoms with E-state index in [4.69, 9.17) is 4.74 Å². The predicted octanol–water partition coefficient (Wildman–Crippen LogP) is 0.540. The molecular weight excluding hydrogens is 232 g/mol. The standard InChI is InChI=1S/C13H22N2O3/c1-2-18-13(17)11-4-3-7-15(11)9-12(16)14-8-10-5-6-10/h10-11H,2-9H2,1H3,(H,14,16). The van der Waals surface area contributed by atoms with Gasteiger partial charge in [-0.3, -0.25) is 14.5 Å². The van der Waals surface area contributed by atoms with Crippen LogP contribution in [0.4, 0.5) is 0 Å². The lowest BCUT2D eigenvalue weighted by molar-refractivity contribution is -0.148. The third-order valence-corrected chi connectivity index (χ3v) is 3.55. The summed E-state index contributed by atoms with van der Waals surface area (Å²) < 4.78 is 5.03. The summed E-state index contributed by atoms with van der Waals surface area (Å²) in [5.41, 5.74) is 0. The van der Waals surface area contributed by atoms with Crippen molar-refractivity contribution in [1.82, 2.24) is 10.2 Å². The van der Waals surface area contributed by atoms with Crippen LogP contribution in [0.5, 0.6) is 0 Å². The molecule has 1 saturated carbocycles. The average molecular weight is 254 g/mol. The Morgan fingerprint density at radius 2 is 2.11 bits per heavy atom.